The highest BCUT2D eigenvalue weighted by atomic mass is 32.2. The molecule has 0 aromatic rings. The Bertz CT molecular complexity index is 434. The molecule has 0 fully saturated rings. The molecular formula is C35H70OS4. The number of unbranched alkanes of at least 4 members (excludes halogenated alkanes) is 20. The van der Waals surface area contributed by atoms with Gasteiger partial charge in [-0.2, -0.15) is 47.0 Å². The molecule has 0 unspecified atom stereocenters. The number of carbonyl (C=O) groups is 1. The van der Waals surface area contributed by atoms with Crippen LogP contribution in [0.3, 0.4) is 0 Å². The molecule has 0 rings (SSSR count). The lowest BCUT2D eigenvalue weighted by Gasteiger charge is -2.04. The minimum absolute atomic E-state index is 0.518. The van der Waals surface area contributed by atoms with Crippen molar-refractivity contribution < 1.29 is 4.79 Å². The topological polar surface area (TPSA) is 17.1 Å². The maximum Gasteiger partial charge on any atom is 0.132 e. The highest BCUT2D eigenvalue weighted by Crippen LogP contribution is 2.19. The van der Waals surface area contributed by atoms with Crippen LogP contribution in [0.1, 0.15) is 181 Å². The number of hydrogen-bond acceptors (Lipinski definition) is 5. The SMILES string of the molecule is CCCCCCCCSCSCCCCCCCCC(=O)CCCCCCCCSCSCCCCCCCC. The van der Waals surface area contributed by atoms with E-state index in [2.05, 4.69) is 60.9 Å². The van der Waals surface area contributed by atoms with Gasteiger partial charge in [-0.05, 0) is 61.5 Å². The van der Waals surface area contributed by atoms with Crippen LogP contribution in [0.15, 0.2) is 0 Å². The van der Waals surface area contributed by atoms with Crippen molar-refractivity contribution >= 4 is 52.8 Å². The molecule has 0 N–H and O–H groups in total. The molecule has 0 bridgehead atoms. The molecule has 0 saturated carbocycles. The van der Waals surface area contributed by atoms with E-state index in [1.54, 1.807) is 0 Å². The molecule has 40 heavy (non-hydrogen) atoms. The average Bonchev–Trinajstić information content (AvgIpc) is 2.96. The summed E-state index contributed by atoms with van der Waals surface area (Å²) in [7, 11) is 0. The third-order valence-corrected chi connectivity index (χ3v) is 12.6. The lowest BCUT2D eigenvalue weighted by Crippen LogP contribution is -1.97. The summed E-state index contributed by atoms with van der Waals surface area (Å²) in [5.41, 5.74) is 0. The molecule has 240 valence electrons. The number of thioether (sulfide) groups is 4. The van der Waals surface area contributed by atoms with E-state index < -0.39 is 0 Å². The van der Waals surface area contributed by atoms with Gasteiger partial charge >= 0.3 is 0 Å². The molecule has 0 radical (unpaired) electrons. The predicted octanol–water partition coefficient (Wildman–Crippen LogP) is 13.6. The zero-order chi connectivity index (χ0) is 29.0. The third-order valence-electron chi connectivity index (χ3n) is 7.61. The standard InChI is InChI=1S/C35H70OS4/c1-3-5-7-9-17-23-29-37-33-39-31-25-19-13-11-15-21-27-35(36)28-22-16-12-14-20-26-32-40-34-38-30-24-18-10-8-6-4-2/h3-34H2,1-2H3. The van der Waals surface area contributed by atoms with Crippen molar-refractivity contribution in [1.29, 1.82) is 0 Å². The molecule has 0 amide bonds. The van der Waals surface area contributed by atoms with Crippen LogP contribution in [-0.2, 0) is 4.79 Å². The smallest absolute Gasteiger partial charge is 0.132 e. The first-order valence-corrected chi connectivity index (χ1v) is 22.3. The van der Waals surface area contributed by atoms with Gasteiger partial charge in [-0.25, -0.2) is 0 Å². The Balaban J connectivity index is 3.14. The first kappa shape index (κ1) is 41.1. The van der Waals surface area contributed by atoms with Crippen LogP contribution in [0, 0.1) is 0 Å². The fraction of sp³-hybridized carbons (Fsp3) is 0.971. The van der Waals surface area contributed by atoms with Crippen LogP contribution in [0.5, 0.6) is 0 Å². The van der Waals surface area contributed by atoms with Gasteiger partial charge in [0.1, 0.15) is 5.78 Å². The lowest BCUT2D eigenvalue weighted by molar-refractivity contribution is -0.119. The molecule has 0 saturated heterocycles. The molecule has 1 nitrogen and oxygen atoms in total. The van der Waals surface area contributed by atoms with Crippen molar-refractivity contribution in [3.8, 4) is 0 Å². The Morgan fingerprint density at radius 3 is 0.900 bits per heavy atom. The highest BCUT2D eigenvalue weighted by Gasteiger charge is 2.02. The maximum atomic E-state index is 12.2. The quantitative estimate of drug-likeness (QED) is 0.0502. The maximum absolute atomic E-state index is 12.2. The molecule has 0 aliphatic rings. The van der Waals surface area contributed by atoms with Crippen molar-refractivity contribution in [2.75, 3.05) is 33.2 Å². The van der Waals surface area contributed by atoms with Gasteiger partial charge in [0.25, 0.3) is 0 Å². The second kappa shape index (κ2) is 38.1. The zero-order valence-electron chi connectivity index (χ0n) is 27.2. The first-order chi connectivity index (χ1) is 19.8. The van der Waals surface area contributed by atoms with Crippen molar-refractivity contribution in [3.63, 3.8) is 0 Å². The summed E-state index contributed by atoms with van der Waals surface area (Å²) in [6, 6.07) is 0. The van der Waals surface area contributed by atoms with E-state index >= 15 is 0 Å². The number of hydrogen-bond donors (Lipinski definition) is 0. The van der Waals surface area contributed by atoms with Gasteiger partial charge < -0.3 is 0 Å². The van der Waals surface area contributed by atoms with E-state index in [9.17, 15) is 4.79 Å². The monoisotopic (exact) mass is 634 g/mol. The molecule has 0 aromatic heterocycles. The Labute approximate surface area is 270 Å². The summed E-state index contributed by atoms with van der Waals surface area (Å²) >= 11 is 8.55. The van der Waals surface area contributed by atoms with Gasteiger partial charge in [0.15, 0.2) is 0 Å². The summed E-state index contributed by atoms with van der Waals surface area (Å²) in [5, 5.41) is 2.57. The molecule has 0 heterocycles. The van der Waals surface area contributed by atoms with Gasteiger partial charge in [-0.1, -0.05) is 129 Å². The fourth-order valence-electron chi connectivity index (χ4n) is 4.91. The highest BCUT2D eigenvalue weighted by molar-refractivity contribution is 8.16. The molecule has 0 aliphatic heterocycles. The molecule has 5 heteroatoms. The summed E-state index contributed by atoms with van der Waals surface area (Å²) in [6.07, 6.45) is 34.2. The van der Waals surface area contributed by atoms with Gasteiger partial charge in [-0.3, -0.25) is 4.79 Å². The first-order valence-electron chi connectivity index (χ1n) is 17.6. The molecule has 0 spiro atoms. The number of carbonyl (C=O) groups excluding carboxylic acids is 1. The molecular weight excluding hydrogens is 565 g/mol. The van der Waals surface area contributed by atoms with Gasteiger partial charge in [0.2, 0.25) is 0 Å². The van der Waals surface area contributed by atoms with Crippen LogP contribution in [0.4, 0.5) is 0 Å². The van der Waals surface area contributed by atoms with E-state index in [1.807, 2.05) is 0 Å². The minimum Gasteiger partial charge on any atom is -0.300 e. The number of Topliss-reactive ketones (excluding diaryl/α,β-unsaturated/α-hetero) is 1. The average molecular weight is 635 g/mol. The van der Waals surface area contributed by atoms with Gasteiger partial charge in [0.05, 0.1) is 0 Å². The van der Waals surface area contributed by atoms with Gasteiger partial charge in [0, 0.05) is 23.0 Å². The van der Waals surface area contributed by atoms with Crippen molar-refractivity contribution in [1.82, 2.24) is 0 Å². The molecule has 0 aliphatic carbocycles. The largest absolute Gasteiger partial charge is 0.300 e. The van der Waals surface area contributed by atoms with Crippen LogP contribution < -0.4 is 0 Å². The second-order valence-corrected chi connectivity index (χ2v) is 16.8. The van der Waals surface area contributed by atoms with Crippen LogP contribution in [0.25, 0.3) is 0 Å². The van der Waals surface area contributed by atoms with Crippen LogP contribution in [-0.4, -0.2) is 39.0 Å². The Hall–Kier alpha value is 1.07. The van der Waals surface area contributed by atoms with Crippen molar-refractivity contribution in [2.24, 2.45) is 0 Å². The van der Waals surface area contributed by atoms with Gasteiger partial charge in [-0.15, -0.1) is 0 Å². The predicted molar refractivity (Wildman–Crippen MR) is 196 cm³/mol. The molecule has 0 aromatic carbocycles. The van der Waals surface area contributed by atoms with E-state index in [-0.39, 0.29) is 0 Å². The Kier molecular flexibility index (Phi) is 39.1. The third kappa shape index (κ3) is 37.1. The number of ketones is 1. The molecule has 0 atom stereocenters. The summed E-state index contributed by atoms with van der Waals surface area (Å²) in [4.78, 5) is 12.2. The van der Waals surface area contributed by atoms with Crippen LogP contribution in [0.2, 0.25) is 0 Å². The van der Waals surface area contributed by atoms with Crippen molar-refractivity contribution in [3.05, 3.63) is 0 Å². The second-order valence-electron chi connectivity index (χ2n) is 11.7. The minimum atomic E-state index is 0.518. The number of rotatable bonds is 36. The lowest BCUT2D eigenvalue weighted by atomic mass is 10.0. The van der Waals surface area contributed by atoms with E-state index in [0.29, 0.717) is 5.78 Å². The summed E-state index contributed by atoms with van der Waals surface area (Å²) < 4.78 is 0. The summed E-state index contributed by atoms with van der Waals surface area (Å²) in [5.74, 6) is 5.90. The zero-order valence-corrected chi connectivity index (χ0v) is 30.4. The normalized spacial score (nSPS) is 11.4. The van der Waals surface area contributed by atoms with E-state index in [0.717, 1.165) is 25.7 Å². The summed E-state index contributed by atoms with van der Waals surface area (Å²) in [6.45, 7) is 4.58. The van der Waals surface area contributed by atoms with Crippen LogP contribution >= 0.6 is 47.0 Å². The fourth-order valence-corrected chi connectivity index (χ4v) is 9.38. The Morgan fingerprint density at radius 1 is 0.350 bits per heavy atom. The van der Waals surface area contributed by atoms with E-state index in [1.165, 1.54) is 174 Å². The van der Waals surface area contributed by atoms with Crippen molar-refractivity contribution in [2.45, 2.75) is 181 Å². The Morgan fingerprint density at radius 2 is 0.600 bits per heavy atom. The van der Waals surface area contributed by atoms with E-state index in [4.69, 9.17) is 0 Å².